The number of hydrogen-bond donors (Lipinski definition) is 2. The van der Waals surface area contributed by atoms with Crippen molar-refractivity contribution in [3.05, 3.63) is 72.7 Å². The van der Waals surface area contributed by atoms with Crippen LogP contribution in [-0.4, -0.2) is 17.1 Å². The molecule has 3 N–H and O–H groups in total. The lowest BCUT2D eigenvalue weighted by atomic mass is 10.1. The second-order valence-electron chi connectivity index (χ2n) is 5.62. The van der Waals surface area contributed by atoms with Crippen LogP contribution in [0, 0.1) is 0 Å². The van der Waals surface area contributed by atoms with E-state index < -0.39 is 0 Å². The van der Waals surface area contributed by atoms with E-state index in [2.05, 4.69) is 17.1 Å². The monoisotopic (exact) mass is 321 g/mol. The Hall–Kier alpha value is -3.08. The van der Waals surface area contributed by atoms with Crippen molar-refractivity contribution in [2.24, 2.45) is 5.73 Å². The van der Waals surface area contributed by atoms with Crippen LogP contribution in [0.3, 0.4) is 0 Å². The summed E-state index contributed by atoms with van der Waals surface area (Å²) in [4.78, 5) is 12.2. The molecule has 3 rings (SSSR count). The molecule has 1 heterocycles. The first-order chi connectivity index (χ1) is 11.7. The van der Waals surface area contributed by atoms with Gasteiger partial charge in [-0.15, -0.1) is 0 Å². The number of nitrogens with two attached hydrogens (primary N) is 1. The minimum atomic E-state index is -0.0543. The molecular weight excluding hydrogens is 302 g/mol. The zero-order valence-corrected chi connectivity index (χ0v) is 13.2. The average molecular weight is 321 g/mol. The van der Waals surface area contributed by atoms with E-state index in [1.54, 1.807) is 24.3 Å². The van der Waals surface area contributed by atoms with Gasteiger partial charge < -0.3 is 15.6 Å². The number of carbonyl (C=O) groups is 1. The number of aromatic nitrogens is 1. The summed E-state index contributed by atoms with van der Waals surface area (Å²) in [6, 6.07) is 9.48. The Bertz CT molecular complexity index is 814. The molecule has 2 aromatic rings. The van der Waals surface area contributed by atoms with E-state index in [-0.39, 0.29) is 5.91 Å². The summed E-state index contributed by atoms with van der Waals surface area (Å²) < 4.78 is 5.39. The molecule has 0 saturated heterocycles. The highest BCUT2D eigenvalue weighted by Gasteiger charge is 2.24. The third kappa shape index (κ3) is 3.63. The highest BCUT2D eigenvalue weighted by molar-refractivity contribution is 5.95. The first-order valence-electron chi connectivity index (χ1n) is 7.80. The lowest BCUT2D eigenvalue weighted by molar-refractivity contribution is 0.0951. The van der Waals surface area contributed by atoms with Gasteiger partial charge in [-0.1, -0.05) is 36.0 Å². The van der Waals surface area contributed by atoms with Crippen LogP contribution in [-0.2, 0) is 0 Å². The first-order valence-corrected chi connectivity index (χ1v) is 7.80. The number of allylic oxidation sites excluding steroid dienone is 4. The van der Waals surface area contributed by atoms with Gasteiger partial charge in [0.25, 0.3) is 5.91 Å². The number of amides is 1. The molecule has 1 aliphatic rings. The van der Waals surface area contributed by atoms with Crippen LogP contribution in [0.25, 0.3) is 16.8 Å². The normalized spacial score (nSPS) is 14.8. The lowest BCUT2D eigenvalue weighted by Crippen LogP contribution is -2.25. The van der Waals surface area contributed by atoms with Gasteiger partial charge in [-0.25, -0.2) is 0 Å². The molecule has 5 nitrogen and oxygen atoms in total. The molecule has 1 saturated carbocycles. The summed E-state index contributed by atoms with van der Waals surface area (Å²) >= 11 is 0. The molecule has 0 spiro atoms. The summed E-state index contributed by atoms with van der Waals surface area (Å²) in [7, 11) is 0. The second-order valence-corrected chi connectivity index (χ2v) is 5.62. The van der Waals surface area contributed by atoms with Crippen LogP contribution >= 0.6 is 0 Å². The van der Waals surface area contributed by atoms with Gasteiger partial charge in [0.2, 0.25) is 0 Å². The molecule has 0 unspecified atom stereocenters. The number of carbonyl (C=O) groups excluding carboxylic acids is 1. The molecule has 5 heteroatoms. The number of nitrogens with zero attached hydrogens (tertiary/aromatic N) is 1. The summed E-state index contributed by atoms with van der Waals surface area (Å²) in [5, 5.41) is 7.07. The zero-order chi connectivity index (χ0) is 16.9. The van der Waals surface area contributed by atoms with Crippen LogP contribution in [0.2, 0.25) is 0 Å². The fourth-order valence-electron chi connectivity index (χ4n) is 2.31. The molecule has 1 aromatic heterocycles. The Balaban J connectivity index is 1.85. The Morgan fingerprint density at radius 1 is 1.38 bits per heavy atom. The molecule has 0 atom stereocenters. The van der Waals surface area contributed by atoms with Crippen LogP contribution in [0.1, 0.15) is 29.0 Å². The molecule has 1 amide bonds. The van der Waals surface area contributed by atoms with Gasteiger partial charge in [0.1, 0.15) is 5.69 Å². The largest absolute Gasteiger partial charge is 0.405 e. The topological polar surface area (TPSA) is 81.2 Å². The molecule has 1 aromatic carbocycles. The fourth-order valence-corrected chi connectivity index (χ4v) is 2.31. The van der Waals surface area contributed by atoms with Crippen molar-refractivity contribution in [1.82, 2.24) is 10.5 Å². The van der Waals surface area contributed by atoms with E-state index in [4.69, 9.17) is 10.3 Å². The van der Waals surface area contributed by atoms with E-state index in [9.17, 15) is 4.79 Å². The van der Waals surface area contributed by atoms with E-state index in [1.165, 1.54) is 6.20 Å². The summed E-state index contributed by atoms with van der Waals surface area (Å²) in [6.45, 7) is 3.68. The highest BCUT2D eigenvalue weighted by Crippen LogP contribution is 2.25. The number of hydrogen-bond acceptors (Lipinski definition) is 4. The van der Waals surface area contributed by atoms with Crippen molar-refractivity contribution in [3.8, 4) is 11.3 Å². The van der Waals surface area contributed by atoms with E-state index in [0.29, 0.717) is 23.1 Å². The van der Waals surface area contributed by atoms with Gasteiger partial charge in [0.15, 0.2) is 5.76 Å². The molecule has 0 bridgehead atoms. The molecule has 0 aliphatic heterocycles. The Labute approximate surface area is 140 Å². The Morgan fingerprint density at radius 3 is 2.92 bits per heavy atom. The van der Waals surface area contributed by atoms with Gasteiger partial charge in [-0.2, -0.15) is 0 Å². The fraction of sp³-hybridized carbons (Fsp3) is 0.158. The predicted molar refractivity (Wildman–Crippen MR) is 93.9 cm³/mol. The molecule has 24 heavy (non-hydrogen) atoms. The standard InChI is InChI=1S/C19H19N3O2/c1-2-4-13(9-10-20)18-12-17(22-24-18)14-5-3-6-15(11-14)19(23)21-16-7-8-16/h2-6,9-12,16H,1,7-8,20H2,(H,21,23)/b10-9-,13-4+. The van der Waals surface area contributed by atoms with Gasteiger partial charge >= 0.3 is 0 Å². The maximum Gasteiger partial charge on any atom is 0.251 e. The molecule has 1 aliphatic carbocycles. The van der Waals surface area contributed by atoms with Crippen molar-refractivity contribution in [2.75, 3.05) is 0 Å². The SMILES string of the molecule is C=C/C=C(\C=C/N)c1cc(-c2cccc(C(=O)NC3CC3)c2)no1. The minimum absolute atomic E-state index is 0.0543. The van der Waals surface area contributed by atoms with E-state index in [1.807, 2.05) is 24.3 Å². The number of benzene rings is 1. The van der Waals surface area contributed by atoms with Gasteiger partial charge in [0, 0.05) is 28.8 Å². The first kappa shape index (κ1) is 15.8. The van der Waals surface area contributed by atoms with Crippen molar-refractivity contribution >= 4 is 11.5 Å². The van der Waals surface area contributed by atoms with E-state index >= 15 is 0 Å². The average Bonchev–Trinajstić information content (AvgIpc) is 3.27. The maximum absolute atomic E-state index is 12.2. The highest BCUT2D eigenvalue weighted by atomic mass is 16.5. The minimum Gasteiger partial charge on any atom is -0.405 e. The predicted octanol–water partition coefficient (Wildman–Crippen LogP) is 3.28. The zero-order valence-electron chi connectivity index (χ0n) is 13.2. The number of rotatable bonds is 6. The third-order valence-electron chi connectivity index (χ3n) is 3.70. The van der Waals surface area contributed by atoms with Crippen molar-refractivity contribution < 1.29 is 9.32 Å². The van der Waals surface area contributed by atoms with Crippen molar-refractivity contribution in [1.29, 1.82) is 0 Å². The van der Waals surface area contributed by atoms with Crippen LogP contribution < -0.4 is 11.1 Å². The van der Waals surface area contributed by atoms with Crippen LogP contribution in [0.5, 0.6) is 0 Å². The second kappa shape index (κ2) is 7.00. The summed E-state index contributed by atoms with van der Waals surface area (Å²) in [5.74, 6) is 0.529. The third-order valence-corrected chi connectivity index (χ3v) is 3.70. The van der Waals surface area contributed by atoms with Gasteiger partial charge in [0.05, 0.1) is 0 Å². The molecule has 1 fully saturated rings. The van der Waals surface area contributed by atoms with Crippen LogP contribution in [0.4, 0.5) is 0 Å². The summed E-state index contributed by atoms with van der Waals surface area (Å²) in [5.41, 5.74) is 8.32. The lowest BCUT2D eigenvalue weighted by Gasteiger charge is -2.04. The maximum atomic E-state index is 12.2. The molecule has 122 valence electrons. The van der Waals surface area contributed by atoms with Crippen LogP contribution in [0.15, 0.2) is 65.9 Å². The number of nitrogens with one attached hydrogen (secondary N) is 1. The van der Waals surface area contributed by atoms with Crippen molar-refractivity contribution in [3.63, 3.8) is 0 Å². The smallest absolute Gasteiger partial charge is 0.251 e. The Kier molecular flexibility index (Phi) is 4.61. The van der Waals surface area contributed by atoms with Gasteiger partial charge in [-0.05, 0) is 37.3 Å². The van der Waals surface area contributed by atoms with E-state index in [0.717, 1.165) is 24.0 Å². The van der Waals surface area contributed by atoms with Gasteiger partial charge in [-0.3, -0.25) is 4.79 Å². The van der Waals surface area contributed by atoms with Crippen molar-refractivity contribution in [2.45, 2.75) is 18.9 Å². The summed E-state index contributed by atoms with van der Waals surface area (Å²) in [6.07, 6.45) is 8.70. The Morgan fingerprint density at radius 2 is 2.21 bits per heavy atom. The quantitative estimate of drug-likeness (QED) is 0.800. The molecule has 0 radical (unpaired) electrons. The molecular formula is C19H19N3O2.